The lowest BCUT2D eigenvalue weighted by atomic mass is 9.87. The van der Waals surface area contributed by atoms with Gasteiger partial charge in [0.1, 0.15) is 17.7 Å². The zero-order chi connectivity index (χ0) is 28.9. The van der Waals surface area contributed by atoms with Gasteiger partial charge >= 0.3 is 5.97 Å². The van der Waals surface area contributed by atoms with Gasteiger partial charge in [-0.2, -0.15) is 4.72 Å². The molecule has 0 saturated heterocycles. The van der Waals surface area contributed by atoms with Crippen LogP contribution in [0.1, 0.15) is 37.7 Å². The number of benzene rings is 2. The zero-order valence-corrected chi connectivity index (χ0v) is 23.2. The molecule has 11 heteroatoms. The van der Waals surface area contributed by atoms with Crippen molar-refractivity contribution in [1.29, 1.82) is 0 Å². The predicted octanol–water partition coefficient (Wildman–Crippen LogP) is 3.72. The molecule has 0 bridgehead atoms. The molecule has 208 valence electrons. The van der Waals surface area contributed by atoms with Gasteiger partial charge in [-0.25, -0.2) is 18.4 Å². The summed E-state index contributed by atoms with van der Waals surface area (Å²) < 4.78 is 28.1. The number of carboxylic acid groups (broad SMARTS) is 1. The summed E-state index contributed by atoms with van der Waals surface area (Å²) in [5.74, 6) is -0.588. The lowest BCUT2D eigenvalue weighted by Crippen LogP contribution is -2.42. The summed E-state index contributed by atoms with van der Waals surface area (Å²) in [6.45, 7) is 6.56. The van der Waals surface area contributed by atoms with Gasteiger partial charge in [0, 0.05) is 19.2 Å². The number of nitrogens with zero attached hydrogens (tertiary/aromatic N) is 2. The first-order valence-electron chi connectivity index (χ1n) is 12.6. The third-order valence-electron chi connectivity index (χ3n) is 6.18. The van der Waals surface area contributed by atoms with Crippen molar-refractivity contribution in [2.45, 2.75) is 43.5 Å². The molecule has 2 aromatic carbocycles. The number of rotatable bonds is 10. The van der Waals surface area contributed by atoms with Crippen molar-refractivity contribution in [2.24, 2.45) is 0 Å². The lowest BCUT2D eigenvalue weighted by molar-refractivity contribution is -0.139. The normalized spacial score (nSPS) is 13.0. The van der Waals surface area contributed by atoms with E-state index < -0.39 is 27.6 Å². The SMILES string of the molecule is CC(C)(C)c1ccc(S(=O)(=O)N[C@@H](Cc2nc3ccc(/C=C/CNc4ccccn4)cc3c(=O)[nH]2)C(=O)O)cc1. The first-order chi connectivity index (χ1) is 18.9. The minimum absolute atomic E-state index is 0.0532. The maximum Gasteiger partial charge on any atom is 0.322 e. The third-order valence-corrected chi connectivity index (χ3v) is 7.67. The molecular formula is C29H31N5O5S. The molecule has 0 aliphatic carbocycles. The van der Waals surface area contributed by atoms with Gasteiger partial charge < -0.3 is 15.4 Å². The van der Waals surface area contributed by atoms with Gasteiger partial charge in [0.25, 0.3) is 5.56 Å². The van der Waals surface area contributed by atoms with Crippen molar-refractivity contribution < 1.29 is 18.3 Å². The Morgan fingerprint density at radius 1 is 1.10 bits per heavy atom. The van der Waals surface area contributed by atoms with E-state index in [0.717, 1.165) is 16.9 Å². The Morgan fingerprint density at radius 2 is 1.85 bits per heavy atom. The number of hydrogen-bond donors (Lipinski definition) is 4. The van der Waals surface area contributed by atoms with Crippen LogP contribution in [0.2, 0.25) is 0 Å². The molecule has 4 aromatic rings. The molecule has 0 radical (unpaired) electrons. The number of carbonyl (C=O) groups is 1. The van der Waals surface area contributed by atoms with Crippen molar-refractivity contribution in [2.75, 3.05) is 11.9 Å². The maximum absolute atomic E-state index is 12.9. The number of sulfonamides is 1. The Morgan fingerprint density at radius 3 is 2.50 bits per heavy atom. The number of hydrogen-bond acceptors (Lipinski definition) is 7. The van der Waals surface area contributed by atoms with Crippen LogP contribution in [0.3, 0.4) is 0 Å². The Kier molecular flexibility index (Phi) is 8.46. The first kappa shape index (κ1) is 28.7. The molecule has 10 nitrogen and oxygen atoms in total. The average Bonchev–Trinajstić information content (AvgIpc) is 2.91. The zero-order valence-electron chi connectivity index (χ0n) is 22.4. The summed E-state index contributed by atoms with van der Waals surface area (Å²) >= 11 is 0. The second kappa shape index (κ2) is 11.8. The highest BCUT2D eigenvalue weighted by molar-refractivity contribution is 7.89. The summed E-state index contributed by atoms with van der Waals surface area (Å²) in [5.41, 5.74) is 1.48. The molecule has 0 saturated carbocycles. The monoisotopic (exact) mass is 561 g/mol. The summed E-state index contributed by atoms with van der Waals surface area (Å²) in [7, 11) is -4.14. The molecule has 1 atom stereocenters. The summed E-state index contributed by atoms with van der Waals surface area (Å²) in [6.07, 6.45) is 5.10. The van der Waals surface area contributed by atoms with Crippen LogP contribution in [0.15, 0.2) is 82.6 Å². The van der Waals surface area contributed by atoms with E-state index in [0.29, 0.717) is 17.4 Å². The maximum atomic E-state index is 12.9. The number of H-pyrrole nitrogens is 1. The van der Waals surface area contributed by atoms with Crippen molar-refractivity contribution in [1.82, 2.24) is 19.7 Å². The molecule has 0 fully saturated rings. The minimum atomic E-state index is -4.14. The van der Waals surface area contributed by atoms with Crippen LogP contribution in [0.4, 0.5) is 5.82 Å². The van der Waals surface area contributed by atoms with Crippen LogP contribution in [-0.2, 0) is 26.7 Å². The largest absolute Gasteiger partial charge is 0.480 e. The van der Waals surface area contributed by atoms with E-state index in [1.54, 1.807) is 36.5 Å². The van der Waals surface area contributed by atoms with E-state index in [1.807, 2.05) is 51.1 Å². The number of nitrogens with one attached hydrogen (secondary N) is 3. The van der Waals surface area contributed by atoms with E-state index in [4.69, 9.17) is 0 Å². The van der Waals surface area contributed by atoms with Crippen LogP contribution in [0, 0.1) is 0 Å². The molecule has 2 aromatic heterocycles. The second-order valence-electron chi connectivity index (χ2n) is 10.3. The first-order valence-corrected chi connectivity index (χ1v) is 14.1. The Balaban J connectivity index is 1.48. The van der Waals surface area contributed by atoms with Gasteiger partial charge in [-0.15, -0.1) is 0 Å². The molecule has 0 aliphatic heterocycles. The van der Waals surface area contributed by atoms with Crippen LogP contribution >= 0.6 is 0 Å². The van der Waals surface area contributed by atoms with Gasteiger partial charge in [-0.3, -0.25) is 9.59 Å². The molecular weight excluding hydrogens is 530 g/mol. The number of aromatic amines is 1. The number of anilines is 1. The quantitative estimate of drug-likeness (QED) is 0.228. The molecule has 0 spiro atoms. The third kappa shape index (κ3) is 7.19. The Bertz CT molecular complexity index is 1690. The highest BCUT2D eigenvalue weighted by Gasteiger charge is 2.27. The van der Waals surface area contributed by atoms with Crippen molar-refractivity contribution in [3.8, 4) is 0 Å². The molecule has 0 aliphatic rings. The lowest BCUT2D eigenvalue weighted by Gasteiger charge is -2.19. The highest BCUT2D eigenvalue weighted by atomic mass is 32.2. The van der Waals surface area contributed by atoms with Crippen LogP contribution in [-0.4, -0.2) is 47.0 Å². The molecule has 4 N–H and O–H groups in total. The van der Waals surface area contributed by atoms with E-state index >= 15 is 0 Å². The fraction of sp³-hybridized carbons (Fsp3) is 0.241. The molecule has 40 heavy (non-hydrogen) atoms. The fourth-order valence-corrected chi connectivity index (χ4v) is 5.18. The molecule has 4 rings (SSSR count). The predicted molar refractivity (Wildman–Crippen MR) is 155 cm³/mol. The number of aromatic nitrogens is 3. The standard InChI is InChI=1S/C29H31N5O5S/c1-29(2,3)20-10-12-21(13-11-20)40(38,39)34-24(28(36)37)18-26-32-23-14-9-19(17-22(23)27(35)33-26)7-6-16-31-25-8-4-5-15-30-25/h4-15,17,24,34H,16,18H2,1-3H3,(H,30,31)(H,36,37)(H,32,33,35)/b7-6+/t24-/m0/s1. The Hall–Kier alpha value is -4.35. The summed E-state index contributed by atoms with van der Waals surface area (Å²) in [4.78, 5) is 35.9. The molecule has 0 unspecified atom stereocenters. The van der Waals surface area contributed by atoms with E-state index in [9.17, 15) is 23.1 Å². The summed E-state index contributed by atoms with van der Waals surface area (Å²) in [5, 5.41) is 13.2. The minimum Gasteiger partial charge on any atom is -0.480 e. The van der Waals surface area contributed by atoms with Crippen molar-refractivity contribution in [3.05, 3.63) is 100 Å². The van der Waals surface area contributed by atoms with Gasteiger partial charge in [0.2, 0.25) is 10.0 Å². The van der Waals surface area contributed by atoms with Gasteiger partial charge in [-0.1, -0.05) is 57.2 Å². The number of fused-ring (bicyclic) bond motifs is 1. The smallest absolute Gasteiger partial charge is 0.322 e. The summed E-state index contributed by atoms with van der Waals surface area (Å²) in [6, 6.07) is 15.5. The van der Waals surface area contributed by atoms with E-state index in [1.165, 1.54) is 12.1 Å². The van der Waals surface area contributed by atoms with Gasteiger partial charge in [-0.05, 0) is 52.9 Å². The highest BCUT2D eigenvalue weighted by Crippen LogP contribution is 2.23. The van der Waals surface area contributed by atoms with Crippen LogP contribution in [0.5, 0.6) is 0 Å². The fourth-order valence-electron chi connectivity index (χ4n) is 3.99. The van der Waals surface area contributed by atoms with Crippen LogP contribution in [0.25, 0.3) is 17.0 Å². The number of carboxylic acids is 1. The van der Waals surface area contributed by atoms with Crippen molar-refractivity contribution in [3.63, 3.8) is 0 Å². The molecule has 2 heterocycles. The number of aliphatic carboxylic acids is 1. The average molecular weight is 562 g/mol. The van der Waals surface area contributed by atoms with Gasteiger partial charge in [0.05, 0.1) is 15.8 Å². The molecule has 0 amide bonds. The van der Waals surface area contributed by atoms with E-state index in [2.05, 4.69) is 25.0 Å². The second-order valence-corrected chi connectivity index (χ2v) is 12.0. The topological polar surface area (TPSA) is 154 Å². The number of pyridine rings is 1. The van der Waals surface area contributed by atoms with Crippen molar-refractivity contribution >= 4 is 38.8 Å². The van der Waals surface area contributed by atoms with Gasteiger partial charge in [0.15, 0.2) is 0 Å². The Labute approximate surface area is 232 Å². The van der Waals surface area contributed by atoms with E-state index in [-0.39, 0.29) is 22.6 Å². The van der Waals surface area contributed by atoms with Crippen LogP contribution < -0.4 is 15.6 Å².